The quantitative estimate of drug-likeness (QED) is 0.615. The summed E-state index contributed by atoms with van der Waals surface area (Å²) in [5.74, 6) is 0.368. The first kappa shape index (κ1) is 16.2. The molecule has 21 heavy (non-hydrogen) atoms. The maximum atomic E-state index is 12.2. The fraction of sp³-hybridized carbons (Fsp3) is 0.667. The number of nitrogens with zero attached hydrogens (tertiary/aromatic N) is 1. The number of thiophene rings is 1. The summed E-state index contributed by atoms with van der Waals surface area (Å²) in [6.07, 6.45) is 5.57. The van der Waals surface area contributed by atoms with Crippen LogP contribution >= 0.6 is 11.3 Å². The fourth-order valence-corrected chi connectivity index (χ4v) is 4.94. The highest BCUT2D eigenvalue weighted by Crippen LogP contribution is 2.36. The van der Waals surface area contributed by atoms with Gasteiger partial charge >= 0.3 is 5.69 Å². The fourth-order valence-electron chi connectivity index (χ4n) is 2.50. The molecule has 0 saturated heterocycles. The van der Waals surface area contributed by atoms with Gasteiger partial charge < -0.3 is 5.32 Å². The van der Waals surface area contributed by atoms with E-state index in [0.29, 0.717) is 12.5 Å². The van der Waals surface area contributed by atoms with Crippen LogP contribution in [-0.2, 0) is 10.0 Å². The van der Waals surface area contributed by atoms with Crippen LogP contribution in [0.25, 0.3) is 0 Å². The van der Waals surface area contributed by atoms with Crippen molar-refractivity contribution in [1.82, 2.24) is 4.72 Å². The molecule has 1 fully saturated rings. The number of rotatable bonds is 6. The topological polar surface area (TPSA) is 101 Å². The van der Waals surface area contributed by atoms with Gasteiger partial charge in [-0.2, -0.15) is 0 Å². The van der Waals surface area contributed by atoms with Crippen LogP contribution in [0.3, 0.4) is 0 Å². The second-order valence-corrected chi connectivity index (χ2v) is 8.19. The van der Waals surface area contributed by atoms with E-state index in [1.165, 1.54) is 13.5 Å². The zero-order valence-electron chi connectivity index (χ0n) is 11.8. The van der Waals surface area contributed by atoms with Crippen LogP contribution in [0.5, 0.6) is 0 Å². The largest absolute Gasteiger partial charge is 0.374 e. The van der Waals surface area contributed by atoms with E-state index >= 15 is 0 Å². The van der Waals surface area contributed by atoms with Gasteiger partial charge in [0.1, 0.15) is 4.21 Å². The van der Waals surface area contributed by atoms with Crippen molar-refractivity contribution in [2.75, 3.05) is 18.9 Å². The zero-order valence-corrected chi connectivity index (χ0v) is 13.4. The molecule has 0 aromatic carbocycles. The molecule has 0 unspecified atom stereocenters. The standard InChI is InChI=1S/C12H19N3O4S2/c1-13-12-10(15(16)17)7-11(20-12)21(18,19)14-8-9-5-3-2-4-6-9/h7,9,13-14H,2-6,8H2,1H3. The molecule has 2 rings (SSSR count). The summed E-state index contributed by atoms with van der Waals surface area (Å²) in [6.45, 7) is 0.406. The normalized spacial score (nSPS) is 16.8. The van der Waals surface area contributed by atoms with Gasteiger partial charge in [-0.1, -0.05) is 30.6 Å². The van der Waals surface area contributed by atoms with E-state index in [1.54, 1.807) is 0 Å². The Balaban J connectivity index is 2.09. The number of nitro groups is 1. The molecule has 1 saturated carbocycles. The summed E-state index contributed by atoms with van der Waals surface area (Å²) >= 11 is 0.878. The van der Waals surface area contributed by atoms with E-state index in [2.05, 4.69) is 10.0 Å². The summed E-state index contributed by atoms with van der Waals surface area (Å²) in [4.78, 5) is 10.3. The van der Waals surface area contributed by atoms with Crippen molar-refractivity contribution in [3.8, 4) is 0 Å². The Morgan fingerprint density at radius 3 is 2.57 bits per heavy atom. The Morgan fingerprint density at radius 1 is 1.38 bits per heavy atom. The minimum Gasteiger partial charge on any atom is -0.374 e. The van der Waals surface area contributed by atoms with E-state index in [4.69, 9.17) is 0 Å². The highest BCUT2D eigenvalue weighted by molar-refractivity contribution is 7.91. The van der Waals surface area contributed by atoms with Crippen molar-refractivity contribution in [2.45, 2.75) is 36.3 Å². The van der Waals surface area contributed by atoms with Crippen LogP contribution < -0.4 is 10.0 Å². The van der Waals surface area contributed by atoms with Gasteiger partial charge in [0.25, 0.3) is 0 Å². The van der Waals surface area contributed by atoms with Crippen LogP contribution in [-0.4, -0.2) is 26.9 Å². The SMILES string of the molecule is CNc1sc(S(=O)(=O)NCC2CCCCC2)cc1[N+](=O)[O-]. The summed E-state index contributed by atoms with van der Waals surface area (Å²) in [7, 11) is -2.15. The van der Waals surface area contributed by atoms with Gasteiger partial charge in [-0.25, -0.2) is 13.1 Å². The maximum absolute atomic E-state index is 12.2. The number of hydrogen-bond donors (Lipinski definition) is 2. The van der Waals surface area contributed by atoms with E-state index in [0.717, 1.165) is 43.1 Å². The highest BCUT2D eigenvalue weighted by atomic mass is 32.2. The molecule has 118 valence electrons. The van der Waals surface area contributed by atoms with Gasteiger partial charge in [0.15, 0.2) is 5.00 Å². The van der Waals surface area contributed by atoms with Crippen molar-refractivity contribution < 1.29 is 13.3 Å². The minimum absolute atomic E-state index is 0.0191. The van der Waals surface area contributed by atoms with Crippen LogP contribution in [0.15, 0.2) is 10.3 Å². The molecule has 0 atom stereocenters. The molecule has 0 amide bonds. The van der Waals surface area contributed by atoms with Gasteiger partial charge in [0, 0.05) is 19.7 Å². The van der Waals surface area contributed by atoms with Crippen LogP contribution in [0.2, 0.25) is 0 Å². The lowest BCUT2D eigenvalue weighted by molar-refractivity contribution is -0.383. The molecule has 0 bridgehead atoms. The predicted octanol–water partition coefficient (Wildman–Crippen LogP) is 2.56. The minimum atomic E-state index is -3.68. The molecule has 2 N–H and O–H groups in total. The maximum Gasteiger partial charge on any atom is 0.304 e. The van der Waals surface area contributed by atoms with Crippen LogP contribution in [0.1, 0.15) is 32.1 Å². The van der Waals surface area contributed by atoms with Crippen molar-refractivity contribution >= 4 is 32.0 Å². The van der Waals surface area contributed by atoms with Crippen molar-refractivity contribution in [3.05, 3.63) is 16.2 Å². The summed E-state index contributed by atoms with van der Waals surface area (Å²) in [5.41, 5.74) is -0.208. The van der Waals surface area contributed by atoms with Gasteiger partial charge in [-0.05, 0) is 18.8 Å². The van der Waals surface area contributed by atoms with Gasteiger partial charge in [-0.15, -0.1) is 0 Å². The third-order valence-corrected chi connectivity index (χ3v) is 6.70. The van der Waals surface area contributed by atoms with E-state index in [1.807, 2.05) is 0 Å². The summed E-state index contributed by atoms with van der Waals surface area (Å²) in [5, 5.41) is 13.8. The molecule has 0 radical (unpaired) electrons. The average molecular weight is 333 g/mol. The first-order valence-corrected chi connectivity index (χ1v) is 9.19. The summed E-state index contributed by atoms with van der Waals surface area (Å²) < 4.78 is 27.0. The second kappa shape index (κ2) is 6.71. The first-order valence-electron chi connectivity index (χ1n) is 6.89. The number of anilines is 1. The Hall–Kier alpha value is -1.19. The van der Waals surface area contributed by atoms with Gasteiger partial charge in [0.05, 0.1) is 4.92 Å². The van der Waals surface area contributed by atoms with E-state index < -0.39 is 14.9 Å². The molecule has 1 aliphatic carbocycles. The van der Waals surface area contributed by atoms with Crippen LogP contribution in [0, 0.1) is 16.0 Å². The summed E-state index contributed by atoms with van der Waals surface area (Å²) in [6, 6.07) is 1.11. The Morgan fingerprint density at radius 2 is 2.05 bits per heavy atom. The monoisotopic (exact) mass is 333 g/mol. The second-order valence-electron chi connectivity index (χ2n) is 5.14. The smallest absolute Gasteiger partial charge is 0.304 e. The molecule has 9 heteroatoms. The van der Waals surface area contributed by atoms with Crippen molar-refractivity contribution in [3.63, 3.8) is 0 Å². The van der Waals surface area contributed by atoms with Crippen LogP contribution in [0.4, 0.5) is 10.7 Å². The van der Waals surface area contributed by atoms with Crippen molar-refractivity contribution in [1.29, 1.82) is 0 Å². The molecular weight excluding hydrogens is 314 g/mol. The number of sulfonamides is 1. The molecule has 7 nitrogen and oxygen atoms in total. The predicted molar refractivity (Wildman–Crippen MR) is 82.3 cm³/mol. The van der Waals surface area contributed by atoms with Gasteiger partial charge in [0.2, 0.25) is 10.0 Å². The lowest BCUT2D eigenvalue weighted by Gasteiger charge is -2.21. The molecule has 1 aliphatic rings. The molecule has 1 aromatic rings. The Bertz CT molecular complexity index is 606. The van der Waals surface area contributed by atoms with E-state index in [9.17, 15) is 18.5 Å². The van der Waals surface area contributed by atoms with E-state index in [-0.39, 0.29) is 14.9 Å². The molecule has 1 heterocycles. The highest BCUT2D eigenvalue weighted by Gasteiger charge is 2.26. The lowest BCUT2D eigenvalue weighted by atomic mass is 9.90. The Kier molecular flexibility index (Phi) is 5.17. The lowest BCUT2D eigenvalue weighted by Crippen LogP contribution is -2.29. The zero-order chi connectivity index (χ0) is 15.5. The first-order chi connectivity index (χ1) is 9.94. The third kappa shape index (κ3) is 3.92. The average Bonchev–Trinajstić information content (AvgIpc) is 2.92. The molecule has 0 aliphatic heterocycles. The molecular formula is C12H19N3O4S2. The Labute approximate surface area is 127 Å². The number of nitrogens with one attached hydrogen (secondary N) is 2. The molecule has 0 spiro atoms. The van der Waals surface area contributed by atoms with Crippen molar-refractivity contribution in [2.24, 2.45) is 5.92 Å². The third-order valence-electron chi connectivity index (χ3n) is 3.67. The number of hydrogen-bond acceptors (Lipinski definition) is 6. The van der Waals surface area contributed by atoms with Gasteiger partial charge in [-0.3, -0.25) is 10.1 Å². The molecule has 1 aromatic heterocycles.